The Bertz CT molecular complexity index is 836. The van der Waals surface area contributed by atoms with Crippen LogP contribution in [0.25, 0.3) is 6.08 Å². The van der Waals surface area contributed by atoms with Crippen LogP contribution in [0.1, 0.15) is 28.8 Å². The van der Waals surface area contributed by atoms with Crippen molar-refractivity contribution >= 4 is 41.0 Å². The van der Waals surface area contributed by atoms with Gasteiger partial charge in [0.25, 0.3) is 5.91 Å². The van der Waals surface area contributed by atoms with Crippen LogP contribution in [0.3, 0.4) is 0 Å². The number of nitrogens with zero attached hydrogens (tertiary/aromatic N) is 1. The van der Waals surface area contributed by atoms with Gasteiger partial charge in [-0.3, -0.25) is 9.59 Å². The third-order valence-corrected chi connectivity index (χ3v) is 5.02. The summed E-state index contributed by atoms with van der Waals surface area (Å²) in [7, 11) is 0. The van der Waals surface area contributed by atoms with Crippen molar-refractivity contribution < 1.29 is 14.3 Å². The molecule has 0 bridgehead atoms. The maximum Gasteiger partial charge on any atom is 0.260 e. The smallest absolute Gasteiger partial charge is 0.260 e. The Hall–Kier alpha value is -2.30. The van der Waals surface area contributed by atoms with Gasteiger partial charge < -0.3 is 9.64 Å². The van der Waals surface area contributed by atoms with Crippen molar-refractivity contribution in [3.8, 4) is 5.75 Å². The van der Waals surface area contributed by atoms with Crippen LogP contribution in [0.5, 0.6) is 5.75 Å². The second-order valence-electron chi connectivity index (χ2n) is 6.23. The molecule has 6 heteroatoms. The van der Waals surface area contributed by atoms with Gasteiger partial charge in [0.05, 0.1) is 0 Å². The monoisotopic (exact) mass is 403 g/mol. The quantitative estimate of drug-likeness (QED) is 0.509. The highest BCUT2D eigenvalue weighted by molar-refractivity contribution is 6.37. The van der Waals surface area contributed by atoms with E-state index in [1.54, 1.807) is 48.5 Å². The predicted molar refractivity (Wildman–Crippen MR) is 108 cm³/mol. The third-order valence-electron chi connectivity index (χ3n) is 4.36. The molecule has 0 saturated carbocycles. The molecule has 0 atom stereocenters. The van der Waals surface area contributed by atoms with Crippen LogP contribution in [-0.4, -0.2) is 36.3 Å². The average molecular weight is 404 g/mol. The summed E-state index contributed by atoms with van der Waals surface area (Å²) in [5.74, 6) is 0.370. The van der Waals surface area contributed by atoms with Crippen molar-refractivity contribution in [1.29, 1.82) is 0 Å². The molecule has 3 rings (SSSR count). The van der Waals surface area contributed by atoms with Crippen LogP contribution in [0, 0.1) is 0 Å². The number of amides is 1. The Morgan fingerprint density at radius 1 is 1.00 bits per heavy atom. The fraction of sp³-hybridized carbons (Fsp3) is 0.238. The largest absolute Gasteiger partial charge is 0.484 e. The molecule has 1 heterocycles. The molecule has 140 valence electrons. The maximum atomic E-state index is 12.3. The molecule has 1 saturated heterocycles. The number of carbonyl (C=O) groups is 2. The lowest BCUT2D eigenvalue weighted by Crippen LogP contribution is -2.32. The Morgan fingerprint density at radius 3 is 2.26 bits per heavy atom. The van der Waals surface area contributed by atoms with Gasteiger partial charge in [-0.25, -0.2) is 0 Å². The molecule has 1 fully saturated rings. The Morgan fingerprint density at radius 2 is 1.63 bits per heavy atom. The van der Waals surface area contributed by atoms with E-state index in [9.17, 15) is 9.59 Å². The summed E-state index contributed by atoms with van der Waals surface area (Å²) in [4.78, 5) is 26.1. The van der Waals surface area contributed by atoms with Crippen LogP contribution < -0.4 is 4.74 Å². The first kappa shape index (κ1) is 19.5. The lowest BCUT2D eigenvalue weighted by Gasteiger charge is -2.15. The minimum atomic E-state index is -0.175. The fourth-order valence-electron chi connectivity index (χ4n) is 2.84. The molecule has 2 aromatic rings. The number of ether oxygens (including phenoxy) is 1. The van der Waals surface area contributed by atoms with Crippen LogP contribution in [0.4, 0.5) is 0 Å². The van der Waals surface area contributed by atoms with Gasteiger partial charge in [0, 0.05) is 34.3 Å². The number of ketones is 1. The standard InChI is InChI=1S/C21H19Cl2NO3/c22-18-4-3-5-19(23)17(18)10-11-20(25)15-6-8-16(9-7-15)27-14-21(26)24-12-1-2-13-24/h3-11H,1-2,12-14H2/b11-10+. The van der Waals surface area contributed by atoms with Crippen LogP contribution in [0.2, 0.25) is 10.0 Å². The van der Waals surface area contributed by atoms with E-state index in [2.05, 4.69) is 0 Å². The van der Waals surface area contributed by atoms with Gasteiger partial charge in [0.1, 0.15) is 5.75 Å². The summed E-state index contributed by atoms with van der Waals surface area (Å²) in [6.45, 7) is 1.62. The Balaban J connectivity index is 1.58. The molecule has 0 aromatic heterocycles. The summed E-state index contributed by atoms with van der Waals surface area (Å²) >= 11 is 12.2. The SMILES string of the molecule is O=C(/C=C/c1c(Cl)cccc1Cl)c1ccc(OCC(=O)N2CCCC2)cc1. The summed E-state index contributed by atoms with van der Waals surface area (Å²) in [6, 6.07) is 11.9. The molecule has 2 aromatic carbocycles. The summed E-state index contributed by atoms with van der Waals surface area (Å²) < 4.78 is 5.52. The van der Waals surface area contributed by atoms with Gasteiger partial charge >= 0.3 is 0 Å². The third kappa shape index (κ3) is 5.12. The van der Waals surface area contributed by atoms with Crippen LogP contribution >= 0.6 is 23.2 Å². The molecule has 0 radical (unpaired) electrons. The predicted octanol–water partition coefficient (Wildman–Crippen LogP) is 4.89. The van der Waals surface area contributed by atoms with Crippen molar-refractivity contribution in [2.45, 2.75) is 12.8 Å². The van der Waals surface area contributed by atoms with E-state index in [0.717, 1.165) is 25.9 Å². The Labute approximate surface area is 168 Å². The number of benzene rings is 2. The average Bonchev–Trinajstić information content (AvgIpc) is 3.21. The molecule has 27 heavy (non-hydrogen) atoms. The maximum absolute atomic E-state index is 12.3. The first-order valence-electron chi connectivity index (χ1n) is 8.71. The van der Waals surface area contributed by atoms with Crippen LogP contribution in [0.15, 0.2) is 48.5 Å². The first-order valence-corrected chi connectivity index (χ1v) is 9.47. The second-order valence-corrected chi connectivity index (χ2v) is 7.05. The lowest BCUT2D eigenvalue weighted by molar-refractivity contribution is -0.132. The number of likely N-dealkylation sites (tertiary alicyclic amines) is 1. The highest BCUT2D eigenvalue weighted by Gasteiger charge is 2.18. The zero-order valence-electron chi connectivity index (χ0n) is 14.7. The molecule has 1 aliphatic heterocycles. The van der Waals surface area contributed by atoms with Crippen molar-refractivity contribution in [1.82, 2.24) is 4.90 Å². The van der Waals surface area contributed by atoms with Gasteiger partial charge in [0.15, 0.2) is 12.4 Å². The summed E-state index contributed by atoms with van der Waals surface area (Å²) in [5.41, 5.74) is 1.11. The van der Waals surface area contributed by atoms with E-state index in [1.807, 2.05) is 4.90 Å². The summed E-state index contributed by atoms with van der Waals surface area (Å²) in [6.07, 6.45) is 5.14. The molecule has 1 amide bonds. The molecular formula is C21H19Cl2NO3. The number of allylic oxidation sites excluding steroid dienone is 1. The van der Waals surface area contributed by atoms with Crippen molar-refractivity contribution in [2.24, 2.45) is 0 Å². The van der Waals surface area contributed by atoms with E-state index in [-0.39, 0.29) is 18.3 Å². The topological polar surface area (TPSA) is 46.6 Å². The second kappa shape index (κ2) is 9.07. The number of halogens is 2. The van der Waals surface area contributed by atoms with Crippen molar-refractivity contribution in [3.05, 3.63) is 69.7 Å². The molecule has 1 aliphatic rings. The zero-order chi connectivity index (χ0) is 19.2. The van der Waals surface area contributed by atoms with Gasteiger partial charge in [-0.2, -0.15) is 0 Å². The Kier molecular flexibility index (Phi) is 6.54. The molecule has 0 aliphatic carbocycles. The van der Waals surface area contributed by atoms with E-state index in [4.69, 9.17) is 27.9 Å². The number of hydrogen-bond donors (Lipinski definition) is 0. The minimum absolute atomic E-state index is 0.00722. The summed E-state index contributed by atoms with van der Waals surface area (Å²) in [5, 5.41) is 0.968. The number of rotatable bonds is 6. The highest BCUT2D eigenvalue weighted by Crippen LogP contribution is 2.25. The normalized spacial score (nSPS) is 13.9. The van der Waals surface area contributed by atoms with Gasteiger partial charge in [-0.15, -0.1) is 0 Å². The minimum Gasteiger partial charge on any atom is -0.484 e. The zero-order valence-corrected chi connectivity index (χ0v) is 16.2. The van der Waals surface area contributed by atoms with E-state index in [0.29, 0.717) is 26.9 Å². The van der Waals surface area contributed by atoms with Crippen molar-refractivity contribution in [2.75, 3.05) is 19.7 Å². The number of hydrogen-bond acceptors (Lipinski definition) is 3. The molecular weight excluding hydrogens is 385 g/mol. The molecule has 4 nitrogen and oxygen atoms in total. The molecule has 0 unspecified atom stereocenters. The van der Waals surface area contributed by atoms with Gasteiger partial charge in [-0.1, -0.05) is 29.3 Å². The van der Waals surface area contributed by atoms with Crippen LogP contribution in [-0.2, 0) is 4.79 Å². The van der Waals surface area contributed by atoms with Crippen molar-refractivity contribution in [3.63, 3.8) is 0 Å². The van der Waals surface area contributed by atoms with Gasteiger partial charge in [0.2, 0.25) is 0 Å². The highest BCUT2D eigenvalue weighted by atomic mass is 35.5. The first-order chi connectivity index (χ1) is 13.0. The lowest BCUT2D eigenvalue weighted by atomic mass is 10.1. The van der Waals surface area contributed by atoms with E-state index < -0.39 is 0 Å². The molecule has 0 spiro atoms. The van der Waals surface area contributed by atoms with E-state index >= 15 is 0 Å². The fourth-order valence-corrected chi connectivity index (χ4v) is 3.37. The van der Waals surface area contributed by atoms with Gasteiger partial charge in [-0.05, 0) is 61.4 Å². The van der Waals surface area contributed by atoms with E-state index in [1.165, 1.54) is 6.08 Å². The molecule has 0 N–H and O–H groups in total. The number of carbonyl (C=O) groups excluding carboxylic acids is 2.